The van der Waals surface area contributed by atoms with Gasteiger partial charge in [-0.2, -0.15) is 26.3 Å². The van der Waals surface area contributed by atoms with Crippen LogP contribution in [0.2, 0.25) is 0 Å². The number of hydrogen-bond donors (Lipinski definition) is 1. The molecule has 84 valence electrons. The summed E-state index contributed by atoms with van der Waals surface area (Å²) in [6.07, 6.45) is -9.02. The highest BCUT2D eigenvalue weighted by molar-refractivity contribution is 8.13. The predicted molar refractivity (Wildman–Crippen MR) is 41.1 cm³/mol. The van der Waals surface area contributed by atoms with Crippen molar-refractivity contribution in [2.45, 2.75) is 12.4 Å². The van der Waals surface area contributed by atoms with Crippen molar-refractivity contribution in [3.05, 3.63) is 0 Å². The number of alkyl halides is 6. The molecule has 0 aromatic heterocycles. The van der Waals surface area contributed by atoms with E-state index < -0.39 is 29.8 Å². The lowest BCUT2D eigenvalue weighted by molar-refractivity contribution is -0.118. The highest BCUT2D eigenvalue weighted by Gasteiger charge is 2.29. The van der Waals surface area contributed by atoms with Gasteiger partial charge >= 0.3 is 12.4 Å². The van der Waals surface area contributed by atoms with E-state index in [1.807, 2.05) is 0 Å². The summed E-state index contributed by atoms with van der Waals surface area (Å²) in [7, 11) is 0. The summed E-state index contributed by atoms with van der Waals surface area (Å²) in [5.74, 6) is -1.35. The topological polar surface area (TPSA) is 38.4 Å². The zero-order valence-electron chi connectivity index (χ0n) is 6.61. The molecule has 0 saturated heterocycles. The quantitative estimate of drug-likeness (QED) is 0.456. The van der Waals surface area contributed by atoms with Gasteiger partial charge in [-0.1, -0.05) is 11.8 Å². The van der Waals surface area contributed by atoms with Gasteiger partial charge in [0.05, 0.1) is 5.75 Å². The van der Waals surface area contributed by atoms with E-state index in [0.29, 0.717) is 0 Å². The Balaban J connectivity index is 3.91. The van der Waals surface area contributed by atoms with Gasteiger partial charge in [0.1, 0.15) is 6.54 Å². The third kappa shape index (κ3) is 9.49. The summed E-state index contributed by atoms with van der Waals surface area (Å²) >= 11 is 0.0268. The number of halogens is 6. The Morgan fingerprint density at radius 2 is 1.57 bits per heavy atom. The van der Waals surface area contributed by atoms with E-state index in [1.54, 1.807) is 0 Å². The number of rotatable bonds is 2. The molecule has 0 aliphatic heterocycles. The van der Waals surface area contributed by atoms with Crippen LogP contribution in [0.3, 0.4) is 0 Å². The minimum absolute atomic E-state index is 0.0268. The third-order valence-corrected chi connectivity index (χ3v) is 1.69. The molecule has 0 aliphatic rings. The fraction of sp³-hybridized carbons (Fsp3) is 0.800. The molecule has 2 nitrogen and oxygen atoms in total. The van der Waals surface area contributed by atoms with E-state index in [1.165, 1.54) is 0 Å². The van der Waals surface area contributed by atoms with Crippen molar-refractivity contribution in [3.63, 3.8) is 0 Å². The van der Waals surface area contributed by atoms with Crippen molar-refractivity contribution in [3.8, 4) is 0 Å². The Kier molecular flexibility index (Phi) is 4.56. The maximum Gasteiger partial charge on any atom is 0.408 e. The van der Waals surface area contributed by atoms with Gasteiger partial charge in [0.2, 0.25) is 0 Å². The van der Waals surface area contributed by atoms with Crippen LogP contribution in [0.15, 0.2) is 4.99 Å². The molecule has 0 aromatic rings. The van der Waals surface area contributed by atoms with Gasteiger partial charge in [0, 0.05) is 0 Å². The normalized spacial score (nSPS) is 14.6. The second kappa shape index (κ2) is 4.76. The van der Waals surface area contributed by atoms with Crippen LogP contribution >= 0.6 is 11.8 Å². The summed E-state index contributed by atoms with van der Waals surface area (Å²) in [4.78, 5) is 2.73. The average molecular weight is 240 g/mol. The molecule has 0 heterocycles. The fourth-order valence-corrected chi connectivity index (χ4v) is 0.836. The molecule has 0 amide bonds. The average Bonchev–Trinajstić information content (AvgIpc) is 1.94. The van der Waals surface area contributed by atoms with Gasteiger partial charge in [-0.3, -0.25) is 4.99 Å². The molecule has 0 saturated carbocycles. The summed E-state index contributed by atoms with van der Waals surface area (Å²) in [6.45, 7) is -1.57. The van der Waals surface area contributed by atoms with Crippen molar-refractivity contribution in [2.75, 3.05) is 12.3 Å². The maximum atomic E-state index is 11.5. The molecule has 0 atom stereocenters. The van der Waals surface area contributed by atoms with Gasteiger partial charge in [0.15, 0.2) is 5.17 Å². The zero-order valence-corrected chi connectivity index (χ0v) is 7.43. The first-order valence-electron chi connectivity index (χ1n) is 3.16. The standard InChI is InChI=1S/C5H6F6N2S/c6-4(7,8)1-13-3(12)14-2-5(9,10)11/h1-2H2,(H2,12,13). The first-order chi connectivity index (χ1) is 6.10. The van der Waals surface area contributed by atoms with E-state index in [2.05, 4.69) is 4.99 Å². The van der Waals surface area contributed by atoms with Crippen LogP contribution in [0, 0.1) is 0 Å². The van der Waals surface area contributed by atoms with Crippen LogP contribution in [0.4, 0.5) is 26.3 Å². The SMILES string of the molecule is NC(=NCC(F)(F)F)SCC(F)(F)F. The zero-order chi connectivity index (χ0) is 11.4. The van der Waals surface area contributed by atoms with E-state index in [9.17, 15) is 26.3 Å². The van der Waals surface area contributed by atoms with Gasteiger partial charge in [-0.05, 0) is 0 Å². The highest BCUT2D eigenvalue weighted by Crippen LogP contribution is 2.21. The van der Waals surface area contributed by atoms with Crippen molar-refractivity contribution in [2.24, 2.45) is 10.7 Å². The van der Waals surface area contributed by atoms with Crippen LogP contribution in [-0.2, 0) is 0 Å². The van der Waals surface area contributed by atoms with Crippen molar-refractivity contribution in [1.82, 2.24) is 0 Å². The van der Waals surface area contributed by atoms with Crippen LogP contribution in [-0.4, -0.2) is 29.8 Å². The van der Waals surface area contributed by atoms with E-state index in [4.69, 9.17) is 5.73 Å². The number of hydrogen-bond acceptors (Lipinski definition) is 2. The van der Waals surface area contributed by atoms with E-state index in [-0.39, 0.29) is 11.8 Å². The molecular formula is C5H6F6N2S. The molecule has 0 radical (unpaired) electrons. The summed E-state index contributed by atoms with van der Waals surface area (Å²) < 4.78 is 69.1. The number of amidine groups is 1. The number of nitrogens with zero attached hydrogens (tertiary/aromatic N) is 1. The smallest absolute Gasteiger partial charge is 0.379 e. The Morgan fingerprint density at radius 1 is 1.07 bits per heavy atom. The van der Waals surface area contributed by atoms with Crippen molar-refractivity contribution >= 4 is 16.9 Å². The number of aliphatic imine (C=N–C) groups is 1. The van der Waals surface area contributed by atoms with E-state index >= 15 is 0 Å². The maximum absolute atomic E-state index is 11.5. The molecular weight excluding hydrogens is 234 g/mol. The lowest BCUT2D eigenvalue weighted by Gasteiger charge is -2.06. The van der Waals surface area contributed by atoms with Crippen LogP contribution in [0.1, 0.15) is 0 Å². The van der Waals surface area contributed by atoms with Gasteiger partial charge < -0.3 is 5.73 Å². The summed E-state index contributed by atoms with van der Waals surface area (Å²) in [5.41, 5.74) is 4.80. The first-order valence-corrected chi connectivity index (χ1v) is 4.15. The summed E-state index contributed by atoms with van der Waals surface area (Å²) in [5, 5.41) is -0.723. The highest BCUT2D eigenvalue weighted by atomic mass is 32.2. The molecule has 0 aliphatic carbocycles. The first kappa shape index (κ1) is 13.4. The monoisotopic (exact) mass is 240 g/mol. The number of nitrogens with two attached hydrogens (primary N) is 1. The van der Waals surface area contributed by atoms with Gasteiger partial charge in [0.25, 0.3) is 0 Å². The van der Waals surface area contributed by atoms with Gasteiger partial charge in [-0.15, -0.1) is 0 Å². The third-order valence-electron chi connectivity index (χ3n) is 0.798. The molecule has 2 N–H and O–H groups in total. The van der Waals surface area contributed by atoms with E-state index in [0.717, 1.165) is 0 Å². The number of thioether (sulfide) groups is 1. The largest absolute Gasteiger partial charge is 0.408 e. The molecule has 0 bridgehead atoms. The lowest BCUT2D eigenvalue weighted by atomic mass is 10.7. The molecule has 0 fully saturated rings. The lowest BCUT2D eigenvalue weighted by Crippen LogP contribution is -2.19. The summed E-state index contributed by atoms with van der Waals surface area (Å²) in [6, 6.07) is 0. The van der Waals surface area contributed by atoms with Crippen LogP contribution in [0.25, 0.3) is 0 Å². The second-order valence-electron chi connectivity index (χ2n) is 2.17. The minimum Gasteiger partial charge on any atom is -0.379 e. The molecule has 0 rings (SSSR count). The Bertz CT molecular complexity index is 207. The molecule has 0 spiro atoms. The van der Waals surface area contributed by atoms with Gasteiger partial charge in [-0.25, -0.2) is 0 Å². The molecule has 0 aromatic carbocycles. The Hall–Kier alpha value is -0.600. The van der Waals surface area contributed by atoms with Crippen molar-refractivity contribution < 1.29 is 26.3 Å². The molecule has 9 heteroatoms. The van der Waals surface area contributed by atoms with Crippen LogP contribution < -0.4 is 5.73 Å². The predicted octanol–water partition coefficient (Wildman–Crippen LogP) is 2.16. The van der Waals surface area contributed by atoms with Crippen LogP contribution in [0.5, 0.6) is 0 Å². The second-order valence-corrected chi connectivity index (χ2v) is 3.17. The minimum atomic E-state index is -4.55. The molecule has 14 heavy (non-hydrogen) atoms. The van der Waals surface area contributed by atoms with Crippen molar-refractivity contribution in [1.29, 1.82) is 0 Å². The molecule has 0 unspecified atom stereocenters. The Labute approximate surface area is 79.6 Å². The fourth-order valence-electron chi connectivity index (χ4n) is 0.369. The Morgan fingerprint density at radius 3 is 1.93 bits per heavy atom.